The highest BCUT2D eigenvalue weighted by Crippen LogP contribution is 2.30. The number of carbonyl (C=O) groups excluding carboxylic acids is 1. The smallest absolute Gasteiger partial charge is 0.319 e. The number of terminal acetylenes is 1. The van der Waals surface area contributed by atoms with Crippen molar-refractivity contribution in [1.29, 1.82) is 0 Å². The van der Waals surface area contributed by atoms with Crippen LogP contribution in [0, 0.1) is 12.3 Å². The number of carbonyl (C=O) groups is 1. The number of hydrogen-bond acceptors (Lipinski definition) is 3. The monoisotopic (exact) mass is 324 g/mol. The highest BCUT2D eigenvalue weighted by atomic mass is 16.5. The summed E-state index contributed by atoms with van der Waals surface area (Å²) in [4.78, 5) is 12.1. The van der Waals surface area contributed by atoms with Crippen molar-refractivity contribution in [3.05, 3.63) is 54.1 Å². The van der Waals surface area contributed by atoms with E-state index in [4.69, 9.17) is 15.9 Å². The van der Waals surface area contributed by atoms with Crippen LogP contribution in [0.15, 0.2) is 48.5 Å². The van der Waals surface area contributed by atoms with Crippen LogP contribution in [0.3, 0.4) is 0 Å². The van der Waals surface area contributed by atoms with Crippen molar-refractivity contribution in [2.75, 3.05) is 19.0 Å². The van der Waals surface area contributed by atoms with Crippen LogP contribution >= 0.6 is 0 Å². The lowest BCUT2D eigenvalue weighted by atomic mass is 10.1. The van der Waals surface area contributed by atoms with E-state index in [0.29, 0.717) is 17.2 Å². The molecular weight excluding hydrogens is 304 g/mol. The number of ether oxygens (including phenoxy) is 2. The zero-order valence-electron chi connectivity index (χ0n) is 13.7. The van der Waals surface area contributed by atoms with E-state index in [1.807, 2.05) is 37.3 Å². The first-order valence-corrected chi connectivity index (χ1v) is 7.50. The van der Waals surface area contributed by atoms with E-state index in [0.717, 1.165) is 5.56 Å². The van der Waals surface area contributed by atoms with Gasteiger partial charge in [-0.1, -0.05) is 36.3 Å². The lowest BCUT2D eigenvalue weighted by Gasteiger charge is -2.16. The minimum absolute atomic E-state index is 0.110. The fourth-order valence-electron chi connectivity index (χ4n) is 2.18. The summed E-state index contributed by atoms with van der Waals surface area (Å²) in [6.07, 6.45) is 5.20. The summed E-state index contributed by atoms with van der Waals surface area (Å²) in [5.74, 6) is 3.42. The maximum Gasteiger partial charge on any atom is 0.319 e. The van der Waals surface area contributed by atoms with Crippen molar-refractivity contribution in [1.82, 2.24) is 5.32 Å². The van der Waals surface area contributed by atoms with Gasteiger partial charge in [-0.3, -0.25) is 0 Å². The molecule has 5 heteroatoms. The van der Waals surface area contributed by atoms with Crippen molar-refractivity contribution < 1.29 is 14.3 Å². The first-order valence-electron chi connectivity index (χ1n) is 7.50. The molecule has 0 saturated heterocycles. The fourth-order valence-corrected chi connectivity index (χ4v) is 2.18. The molecule has 5 nitrogen and oxygen atoms in total. The molecule has 2 aromatic carbocycles. The van der Waals surface area contributed by atoms with Crippen LogP contribution in [0.5, 0.6) is 11.5 Å². The Morgan fingerprint density at radius 2 is 1.96 bits per heavy atom. The van der Waals surface area contributed by atoms with E-state index in [1.165, 1.54) is 0 Å². The van der Waals surface area contributed by atoms with Gasteiger partial charge in [0.05, 0.1) is 13.2 Å². The number of methoxy groups -OCH3 is 1. The van der Waals surface area contributed by atoms with Gasteiger partial charge < -0.3 is 20.1 Å². The Bertz CT molecular complexity index is 723. The number of urea groups is 1. The average molecular weight is 324 g/mol. The number of benzene rings is 2. The third-order valence-electron chi connectivity index (χ3n) is 3.38. The molecule has 1 atom stereocenters. The highest BCUT2D eigenvalue weighted by molar-refractivity contribution is 5.89. The summed E-state index contributed by atoms with van der Waals surface area (Å²) in [5.41, 5.74) is 1.61. The normalized spacial score (nSPS) is 11.0. The first kappa shape index (κ1) is 17.2. The molecule has 0 spiro atoms. The van der Waals surface area contributed by atoms with Crippen LogP contribution < -0.4 is 20.1 Å². The van der Waals surface area contributed by atoms with Gasteiger partial charge in [-0.05, 0) is 24.6 Å². The van der Waals surface area contributed by atoms with Gasteiger partial charge in [0.1, 0.15) is 6.61 Å². The number of amides is 2. The second-order valence-electron chi connectivity index (χ2n) is 5.09. The molecule has 2 amide bonds. The molecule has 0 radical (unpaired) electrons. The standard InChI is InChI=1S/C19H20N2O3/c1-4-12-24-18-13-16(10-11-17(18)23-3)21-19(22)20-14(2)15-8-6-5-7-9-15/h1,5-11,13-14H,12H2,2-3H3,(H2,20,21,22)/t14-/m0/s1. The van der Waals surface area contributed by atoms with Crippen LogP contribution in [-0.2, 0) is 0 Å². The zero-order chi connectivity index (χ0) is 17.4. The molecular formula is C19H20N2O3. The maximum atomic E-state index is 12.1. The molecule has 0 saturated carbocycles. The third kappa shape index (κ3) is 4.68. The SMILES string of the molecule is C#CCOc1cc(NC(=O)N[C@@H](C)c2ccccc2)ccc1OC. The van der Waals surface area contributed by atoms with Gasteiger partial charge in [-0.2, -0.15) is 0 Å². The van der Waals surface area contributed by atoms with Crippen molar-refractivity contribution in [3.63, 3.8) is 0 Å². The summed E-state index contributed by atoms with van der Waals surface area (Å²) in [5, 5.41) is 5.65. The van der Waals surface area contributed by atoms with Gasteiger partial charge in [0.2, 0.25) is 0 Å². The Hall–Kier alpha value is -3.13. The molecule has 0 aliphatic rings. The van der Waals surface area contributed by atoms with Crippen molar-refractivity contribution in [3.8, 4) is 23.8 Å². The fraction of sp³-hybridized carbons (Fsp3) is 0.211. The maximum absolute atomic E-state index is 12.1. The molecule has 0 heterocycles. The van der Waals surface area contributed by atoms with Crippen LogP contribution in [-0.4, -0.2) is 19.7 Å². The topological polar surface area (TPSA) is 59.6 Å². The van der Waals surface area contributed by atoms with Crippen LogP contribution in [0.1, 0.15) is 18.5 Å². The molecule has 0 aliphatic carbocycles. The first-order chi connectivity index (χ1) is 11.6. The van der Waals surface area contributed by atoms with Gasteiger partial charge in [0.25, 0.3) is 0 Å². The minimum atomic E-state index is -0.306. The Morgan fingerprint density at radius 3 is 2.62 bits per heavy atom. The summed E-state index contributed by atoms with van der Waals surface area (Å²) < 4.78 is 10.6. The molecule has 0 unspecified atom stereocenters. The van der Waals surface area contributed by atoms with Gasteiger partial charge in [-0.15, -0.1) is 6.42 Å². The molecule has 124 valence electrons. The van der Waals surface area contributed by atoms with Gasteiger partial charge in [-0.25, -0.2) is 4.79 Å². The average Bonchev–Trinajstić information content (AvgIpc) is 2.60. The molecule has 0 aromatic heterocycles. The summed E-state index contributed by atoms with van der Waals surface area (Å²) in [7, 11) is 1.54. The lowest BCUT2D eigenvalue weighted by molar-refractivity contribution is 0.249. The van der Waals surface area contributed by atoms with E-state index < -0.39 is 0 Å². The lowest BCUT2D eigenvalue weighted by Crippen LogP contribution is -2.31. The number of anilines is 1. The molecule has 0 fully saturated rings. The van der Waals surface area contributed by atoms with E-state index in [2.05, 4.69) is 16.6 Å². The quantitative estimate of drug-likeness (QED) is 0.798. The second-order valence-corrected chi connectivity index (χ2v) is 5.09. The zero-order valence-corrected chi connectivity index (χ0v) is 13.7. The molecule has 2 rings (SSSR count). The van der Waals surface area contributed by atoms with Gasteiger partial charge >= 0.3 is 6.03 Å². The van der Waals surface area contributed by atoms with Crippen LogP contribution in [0.2, 0.25) is 0 Å². The van der Waals surface area contributed by atoms with Crippen molar-refractivity contribution in [2.45, 2.75) is 13.0 Å². The van der Waals surface area contributed by atoms with E-state index >= 15 is 0 Å². The van der Waals surface area contributed by atoms with E-state index in [9.17, 15) is 4.79 Å². The number of rotatable bonds is 6. The molecule has 2 aromatic rings. The summed E-state index contributed by atoms with van der Waals surface area (Å²) >= 11 is 0. The predicted molar refractivity (Wildman–Crippen MR) is 94.3 cm³/mol. The minimum Gasteiger partial charge on any atom is -0.493 e. The molecule has 24 heavy (non-hydrogen) atoms. The van der Waals surface area contributed by atoms with Gasteiger partial charge in [0.15, 0.2) is 11.5 Å². The largest absolute Gasteiger partial charge is 0.493 e. The Labute approximate surface area is 142 Å². The molecule has 2 N–H and O–H groups in total. The summed E-state index contributed by atoms with van der Waals surface area (Å²) in [6, 6.07) is 14.4. The number of nitrogens with one attached hydrogen (secondary N) is 2. The van der Waals surface area contributed by atoms with Crippen molar-refractivity contribution >= 4 is 11.7 Å². The van der Waals surface area contributed by atoms with Crippen molar-refractivity contribution in [2.24, 2.45) is 0 Å². The summed E-state index contributed by atoms with van der Waals surface area (Å²) in [6.45, 7) is 2.04. The highest BCUT2D eigenvalue weighted by Gasteiger charge is 2.11. The predicted octanol–water partition coefficient (Wildman–Crippen LogP) is 3.59. The number of hydrogen-bond donors (Lipinski definition) is 2. The molecule has 0 aliphatic heterocycles. The Morgan fingerprint density at radius 1 is 1.21 bits per heavy atom. The van der Waals surface area contributed by atoms with E-state index in [1.54, 1.807) is 25.3 Å². The van der Waals surface area contributed by atoms with Crippen LogP contribution in [0.4, 0.5) is 10.5 Å². The van der Waals surface area contributed by atoms with Crippen LogP contribution in [0.25, 0.3) is 0 Å². The van der Waals surface area contributed by atoms with Gasteiger partial charge in [0, 0.05) is 11.8 Å². The van der Waals surface area contributed by atoms with E-state index in [-0.39, 0.29) is 18.7 Å². The Balaban J connectivity index is 2.02. The second kappa shape index (κ2) is 8.49. The Kier molecular flexibility index (Phi) is 6.09. The molecule has 0 bridgehead atoms. The third-order valence-corrected chi connectivity index (χ3v) is 3.38.